The van der Waals surface area contributed by atoms with E-state index in [-0.39, 0.29) is 5.78 Å². The van der Waals surface area contributed by atoms with Gasteiger partial charge in [0.2, 0.25) is 5.91 Å². The first kappa shape index (κ1) is 23.3. The summed E-state index contributed by atoms with van der Waals surface area (Å²) in [6.45, 7) is 4.52. The molecule has 0 saturated carbocycles. The Hall–Kier alpha value is -2.99. The second kappa shape index (κ2) is 11.3. The monoisotopic (exact) mass is 410 g/mol. The number of aryl methyl sites for hydroxylation is 1. The van der Waals surface area contributed by atoms with Crippen LogP contribution in [0.25, 0.3) is 11.1 Å². The van der Waals surface area contributed by atoms with E-state index in [4.69, 9.17) is 0 Å². The summed E-state index contributed by atoms with van der Waals surface area (Å²) >= 11 is 0. The predicted molar refractivity (Wildman–Crippen MR) is 117 cm³/mol. The van der Waals surface area contributed by atoms with Crippen LogP contribution in [-0.2, 0) is 16.0 Å². The summed E-state index contributed by atoms with van der Waals surface area (Å²) in [5, 5.41) is 14.4. The third kappa shape index (κ3) is 6.52. The van der Waals surface area contributed by atoms with E-state index in [0.29, 0.717) is 5.56 Å². The van der Waals surface area contributed by atoms with Crippen molar-refractivity contribution in [2.45, 2.75) is 52.1 Å². The molecule has 2 amide bonds. The third-order valence-corrected chi connectivity index (χ3v) is 5.03. The maximum absolute atomic E-state index is 12.5. The van der Waals surface area contributed by atoms with E-state index in [1.54, 1.807) is 19.1 Å². The van der Waals surface area contributed by atoms with Crippen LogP contribution in [0.1, 0.15) is 49.5 Å². The van der Waals surface area contributed by atoms with E-state index in [0.717, 1.165) is 17.5 Å². The molecule has 0 spiro atoms. The van der Waals surface area contributed by atoms with E-state index in [9.17, 15) is 19.5 Å². The highest BCUT2D eigenvalue weighted by Crippen LogP contribution is 2.21. The molecule has 2 atom stereocenters. The van der Waals surface area contributed by atoms with Crippen molar-refractivity contribution in [3.05, 3.63) is 59.7 Å². The Labute approximate surface area is 177 Å². The van der Waals surface area contributed by atoms with Crippen molar-refractivity contribution < 1.29 is 19.5 Å². The molecule has 3 N–H and O–H groups in total. The fourth-order valence-corrected chi connectivity index (χ4v) is 2.91. The molecule has 0 bridgehead atoms. The molecular formula is C24H30N2O4. The van der Waals surface area contributed by atoms with Crippen LogP contribution < -0.4 is 10.6 Å². The molecule has 2 unspecified atom stereocenters. The summed E-state index contributed by atoms with van der Waals surface area (Å²) in [4.78, 5) is 35.9. The minimum absolute atomic E-state index is 0.208. The summed E-state index contributed by atoms with van der Waals surface area (Å²) in [5.41, 5.74) is 3.74. The van der Waals surface area contributed by atoms with E-state index < -0.39 is 30.5 Å². The lowest BCUT2D eigenvalue weighted by atomic mass is 10.0. The number of hydrogen-bond donors (Lipinski definition) is 3. The maximum Gasteiger partial charge on any atom is 0.251 e. The zero-order valence-corrected chi connectivity index (χ0v) is 17.8. The van der Waals surface area contributed by atoms with Gasteiger partial charge in [0.05, 0.1) is 12.6 Å². The highest BCUT2D eigenvalue weighted by Gasteiger charge is 2.23. The molecule has 0 fully saturated rings. The zero-order chi connectivity index (χ0) is 22.1. The number of unbranched alkanes of at least 4 members (excludes halogenated alkanes) is 1. The van der Waals surface area contributed by atoms with Gasteiger partial charge in [0.25, 0.3) is 5.91 Å². The van der Waals surface area contributed by atoms with Gasteiger partial charge in [0, 0.05) is 5.56 Å². The van der Waals surface area contributed by atoms with E-state index >= 15 is 0 Å². The Morgan fingerprint density at radius 2 is 1.50 bits per heavy atom. The molecule has 2 aromatic carbocycles. The lowest BCUT2D eigenvalue weighted by Gasteiger charge is -2.18. The Kier molecular flexibility index (Phi) is 8.74. The topological polar surface area (TPSA) is 95.5 Å². The van der Waals surface area contributed by atoms with Gasteiger partial charge < -0.3 is 15.7 Å². The SMILES string of the molecule is CCCCc1ccc(-c2ccc(C(=O)NC(CO)C(=O)NC(C)C(C)=O)cc2)cc1. The van der Waals surface area contributed by atoms with Crippen LogP contribution in [0.5, 0.6) is 0 Å². The van der Waals surface area contributed by atoms with Gasteiger partial charge in [-0.2, -0.15) is 0 Å². The Bertz CT molecular complexity index is 860. The minimum Gasteiger partial charge on any atom is -0.394 e. The molecule has 0 aliphatic rings. The van der Waals surface area contributed by atoms with Crippen LogP contribution in [0.3, 0.4) is 0 Å². The second-order valence-corrected chi connectivity index (χ2v) is 7.43. The lowest BCUT2D eigenvalue weighted by Crippen LogP contribution is -2.52. The molecular weight excluding hydrogens is 380 g/mol. The standard InChI is InChI=1S/C24H30N2O4/c1-4-5-6-18-7-9-19(10-8-18)20-11-13-21(14-12-20)23(29)26-22(15-27)24(30)25-16(2)17(3)28/h7-14,16,22,27H,4-6,15H2,1-3H3,(H,25,30)(H,26,29). The number of carbonyl (C=O) groups excluding carboxylic acids is 3. The molecule has 160 valence electrons. The van der Waals surface area contributed by atoms with Crippen molar-refractivity contribution in [2.24, 2.45) is 0 Å². The van der Waals surface area contributed by atoms with Gasteiger partial charge in [-0.15, -0.1) is 0 Å². The van der Waals surface area contributed by atoms with Crippen molar-refractivity contribution >= 4 is 17.6 Å². The first-order valence-electron chi connectivity index (χ1n) is 10.3. The van der Waals surface area contributed by atoms with Crippen LogP contribution in [0.2, 0.25) is 0 Å². The molecule has 6 nitrogen and oxygen atoms in total. The number of aliphatic hydroxyl groups is 1. The van der Waals surface area contributed by atoms with Crippen LogP contribution in [0.4, 0.5) is 0 Å². The Balaban J connectivity index is 2.01. The van der Waals surface area contributed by atoms with Crippen molar-refractivity contribution in [1.29, 1.82) is 0 Å². The van der Waals surface area contributed by atoms with Gasteiger partial charge in [-0.1, -0.05) is 49.7 Å². The number of hydrogen-bond acceptors (Lipinski definition) is 4. The molecule has 0 radical (unpaired) electrons. The third-order valence-electron chi connectivity index (χ3n) is 5.03. The molecule has 0 saturated heterocycles. The fourth-order valence-electron chi connectivity index (χ4n) is 2.91. The van der Waals surface area contributed by atoms with Gasteiger partial charge >= 0.3 is 0 Å². The quantitative estimate of drug-likeness (QED) is 0.561. The number of nitrogens with one attached hydrogen (secondary N) is 2. The average Bonchev–Trinajstić information content (AvgIpc) is 2.76. The van der Waals surface area contributed by atoms with E-state index in [1.807, 2.05) is 12.1 Å². The highest BCUT2D eigenvalue weighted by molar-refractivity contribution is 5.98. The number of amides is 2. The van der Waals surface area contributed by atoms with Crippen LogP contribution in [0, 0.1) is 0 Å². The summed E-state index contributed by atoms with van der Waals surface area (Å²) in [5.74, 6) is -1.28. The van der Waals surface area contributed by atoms with Crippen molar-refractivity contribution in [2.75, 3.05) is 6.61 Å². The number of Topliss-reactive ketones (excluding diaryl/α,β-unsaturated/α-hetero) is 1. The summed E-state index contributed by atoms with van der Waals surface area (Å²) < 4.78 is 0. The largest absolute Gasteiger partial charge is 0.394 e. The van der Waals surface area contributed by atoms with E-state index in [2.05, 4.69) is 41.8 Å². The predicted octanol–water partition coefficient (Wildman–Crippen LogP) is 2.88. The second-order valence-electron chi connectivity index (χ2n) is 7.43. The van der Waals surface area contributed by atoms with Gasteiger partial charge in [-0.3, -0.25) is 14.4 Å². The Morgan fingerprint density at radius 3 is 2.00 bits per heavy atom. The number of rotatable bonds is 10. The molecule has 2 rings (SSSR count). The maximum atomic E-state index is 12.5. The van der Waals surface area contributed by atoms with Crippen molar-refractivity contribution in [3.8, 4) is 11.1 Å². The summed E-state index contributed by atoms with van der Waals surface area (Å²) in [6, 6.07) is 13.6. The smallest absolute Gasteiger partial charge is 0.251 e. The number of ketones is 1. The van der Waals surface area contributed by atoms with Gasteiger partial charge in [-0.05, 0) is 55.5 Å². The van der Waals surface area contributed by atoms with Crippen LogP contribution in [0.15, 0.2) is 48.5 Å². The molecule has 0 aromatic heterocycles. The number of benzene rings is 2. The van der Waals surface area contributed by atoms with Crippen molar-refractivity contribution in [3.63, 3.8) is 0 Å². The molecule has 6 heteroatoms. The summed E-state index contributed by atoms with van der Waals surface area (Å²) in [7, 11) is 0. The fraction of sp³-hybridized carbons (Fsp3) is 0.375. The Morgan fingerprint density at radius 1 is 0.933 bits per heavy atom. The molecule has 2 aromatic rings. The molecule has 0 aliphatic heterocycles. The number of carbonyl (C=O) groups is 3. The average molecular weight is 411 g/mol. The lowest BCUT2D eigenvalue weighted by molar-refractivity contribution is -0.128. The van der Waals surface area contributed by atoms with E-state index in [1.165, 1.54) is 25.3 Å². The first-order valence-corrected chi connectivity index (χ1v) is 10.3. The highest BCUT2D eigenvalue weighted by atomic mass is 16.3. The zero-order valence-electron chi connectivity index (χ0n) is 17.8. The molecule has 0 heterocycles. The van der Waals surface area contributed by atoms with Gasteiger partial charge in [-0.25, -0.2) is 0 Å². The van der Waals surface area contributed by atoms with Crippen LogP contribution in [-0.4, -0.2) is 41.4 Å². The molecule has 30 heavy (non-hydrogen) atoms. The molecule has 0 aliphatic carbocycles. The summed E-state index contributed by atoms with van der Waals surface area (Å²) in [6.07, 6.45) is 3.41. The van der Waals surface area contributed by atoms with Gasteiger partial charge in [0.15, 0.2) is 5.78 Å². The van der Waals surface area contributed by atoms with Crippen LogP contribution >= 0.6 is 0 Å². The van der Waals surface area contributed by atoms with Gasteiger partial charge in [0.1, 0.15) is 6.04 Å². The first-order chi connectivity index (χ1) is 14.3. The normalized spacial score (nSPS) is 12.7. The number of aliphatic hydroxyl groups excluding tert-OH is 1. The minimum atomic E-state index is -1.13. The van der Waals surface area contributed by atoms with Crippen molar-refractivity contribution in [1.82, 2.24) is 10.6 Å².